The molecule has 3 N–H and O–H groups in total. The van der Waals surface area contributed by atoms with Gasteiger partial charge in [-0.1, -0.05) is 11.6 Å². The molecule has 5 aliphatic rings. The Kier molecular flexibility index (Phi) is 6.36. The van der Waals surface area contributed by atoms with Crippen LogP contribution in [0.3, 0.4) is 0 Å². The number of cyclic esters (lactones) is 1. The van der Waals surface area contributed by atoms with Crippen molar-refractivity contribution in [1.82, 2.24) is 0 Å². The summed E-state index contributed by atoms with van der Waals surface area (Å²) < 4.78 is 17.6. The Morgan fingerprint density at radius 3 is 2.49 bits per heavy atom. The molecule has 0 amide bonds. The number of ether oxygens (including phenoxy) is 3. The SMILES string of the molecule is CC(=O)OC[C@]12CCC3C(CO[C@@]4(C)CC=CC(=O)[C@]34C)[C@]1(O)CC[C@@]2(O)[C@@](C)(O)C1CC(C)=C(C)C(=O)O1. The van der Waals surface area contributed by atoms with Crippen molar-refractivity contribution in [2.24, 2.45) is 22.7 Å². The third-order valence-electron chi connectivity index (χ3n) is 11.9. The summed E-state index contributed by atoms with van der Waals surface area (Å²) in [5.41, 5.74) is -7.50. The summed E-state index contributed by atoms with van der Waals surface area (Å²) in [4.78, 5) is 38.1. The number of hydrogen-bond donors (Lipinski definition) is 3. The van der Waals surface area contributed by atoms with Crippen LogP contribution in [-0.2, 0) is 28.6 Å². The molecular weight excluding hydrogens is 504 g/mol. The zero-order valence-electron chi connectivity index (χ0n) is 23.8. The second-order valence-corrected chi connectivity index (χ2v) is 13.3. The summed E-state index contributed by atoms with van der Waals surface area (Å²) in [5.74, 6) is -1.99. The number of allylic oxidation sites excluding steroid dienone is 1. The molecule has 9 heteroatoms. The Morgan fingerprint density at radius 2 is 1.85 bits per heavy atom. The molecule has 2 saturated carbocycles. The van der Waals surface area contributed by atoms with Crippen LogP contribution in [0.1, 0.15) is 80.1 Å². The zero-order chi connectivity index (χ0) is 28.8. The van der Waals surface area contributed by atoms with Crippen LogP contribution in [-0.4, -0.2) is 74.8 Å². The summed E-state index contributed by atoms with van der Waals surface area (Å²) in [5, 5.41) is 37.4. The van der Waals surface area contributed by atoms with Crippen molar-refractivity contribution in [3.8, 4) is 0 Å². The molecule has 1 saturated heterocycles. The van der Waals surface area contributed by atoms with Crippen LogP contribution < -0.4 is 0 Å². The van der Waals surface area contributed by atoms with E-state index in [9.17, 15) is 29.7 Å². The molecule has 0 spiro atoms. The molecule has 216 valence electrons. The second kappa shape index (κ2) is 8.71. The Balaban J connectivity index is 1.60. The minimum atomic E-state index is -1.99. The van der Waals surface area contributed by atoms with Gasteiger partial charge >= 0.3 is 11.9 Å². The lowest BCUT2D eigenvalue weighted by Crippen LogP contribution is -2.76. The number of fused-ring (bicyclic) bond motifs is 5. The molecule has 9 atom stereocenters. The fourth-order valence-corrected chi connectivity index (χ4v) is 8.87. The van der Waals surface area contributed by atoms with Crippen LogP contribution in [0.5, 0.6) is 0 Å². The van der Waals surface area contributed by atoms with Gasteiger partial charge in [-0.2, -0.15) is 0 Å². The fourth-order valence-electron chi connectivity index (χ4n) is 8.87. The number of hydrogen-bond acceptors (Lipinski definition) is 9. The maximum atomic E-state index is 13.4. The van der Waals surface area contributed by atoms with E-state index in [0.29, 0.717) is 18.4 Å². The van der Waals surface area contributed by atoms with Crippen LogP contribution in [0.2, 0.25) is 0 Å². The smallest absolute Gasteiger partial charge is 0.334 e. The zero-order valence-corrected chi connectivity index (χ0v) is 23.8. The fraction of sp³-hybridized carbons (Fsp3) is 0.767. The van der Waals surface area contributed by atoms with Crippen LogP contribution >= 0.6 is 0 Å². The first kappa shape index (κ1) is 28.5. The lowest BCUT2D eigenvalue weighted by atomic mass is 9.44. The van der Waals surface area contributed by atoms with Gasteiger partial charge in [0, 0.05) is 24.8 Å². The largest absolute Gasteiger partial charge is 0.465 e. The monoisotopic (exact) mass is 546 g/mol. The van der Waals surface area contributed by atoms with E-state index >= 15 is 0 Å². The molecule has 3 aliphatic carbocycles. The molecule has 39 heavy (non-hydrogen) atoms. The molecular formula is C30H42O9. The van der Waals surface area contributed by atoms with Crippen molar-refractivity contribution in [3.05, 3.63) is 23.3 Å². The van der Waals surface area contributed by atoms with Gasteiger partial charge in [0.1, 0.15) is 23.9 Å². The standard InChI is InChI=1S/C30H42O9/c1-17-14-23(39-24(33)18(17)2)27(6,34)30(36)13-12-29(35)21-15-38-25(4)10-7-8-22(32)26(25,5)20(21)9-11-28(29,30)16-37-19(3)31/h7-8,20-21,23,34-36H,9-16H2,1-6H3/t20?,21?,23?,25-,26-,27-,28+,29+,30+/m0/s1. The van der Waals surface area contributed by atoms with E-state index < -0.39 is 57.2 Å². The highest BCUT2D eigenvalue weighted by atomic mass is 16.6. The van der Waals surface area contributed by atoms with E-state index in [4.69, 9.17) is 14.2 Å². The molecule has 0 bridgehead atoms. The van der Waals surface area contributed by atoms with Crippen molar-refractivity contribution < 1.29 is 43.9 Å². The first-order valence-electron chi connectivity index (χ1n) is 14.0. The van der Waals surface area contributed by atoms with Crippen molar-refractivity contribution in [2.75, 3.05) is 13.2 Å². The van der Waals surface area contributed by atoms with Gasteiger partial charge in [0.15, 0.2) is 5.78 Å². The van der Waals surface area contributed by atoms with Gasteiger partial charge < -0.3 is 29.5 Å². The second-order valence-electron chi connectivity index (χ2n) is 13.3. The van der Waals surface area contributed by atoms with E-state index in [1.807, 2.05) is 19.9 Å². The molecule has 0 aromatic rings. The molecule has 0 radical (unpaired) electrons. The lowest BCUT2D eigenvalue weighted by Gasteiger charge is -2.66. The Morgan fingerprint density at radius 1 is 1.15 bits per heavy atom. The minimum absolute atomic E-state index is 0.0153. The Labute approximate surface area is 229 Å². The van der Waals surface area contributed by atoms with E-state index in [1.165, 1.54) is 13.8 Å². The maximum Gasteiger partial charge on any atom is 0.334 e. The average molecular weight is 547 g/mol. The van der Waals surface area contributed by atoms with Crippen molar-refractivity contribution in [1.29, 1.82) is 0 Å². The van der Waals surface area contributed by atoms with Crippen LogP contribution in [0, 0.1) is 22.7 Å². The summed E-state index contributed by atoms with van der Waals surface area (Å²) in [6.07, 6.45) is 3.89. The minimum Gasteiger partial charge on any atom is -0.465 e. The van der Waals surface area contributed by atoms with Gasteiger partial charge in [0.25, 0.3) is 0 Å². The molecule has 0 aromatic heterocycles. The highest BCUT2D eigenvalue weighted by Gasteiger charge is 2.80. The molecule has 5 rings (SSSR count). The molecule has 2 aliphatic heterocycles. The van der Waals surface area contributed by atoms with Crippen molar-refractivity contribution in [3.63, 3.8) is 0 Å². The highest BCUT2D eigenvalue weighted by Crippen LogP contribution is 2.70. The molecule has 3 fully saturated rings. The number of ketones is 1. The molecule has 2 heterocycles. The average Bonchev–Trinajstić information content (AvgIpc) is 3.11. The lowest BCUT2D eigenvalue weighted by molar-refractivity contribution is -0.317. The molecule has 0 aromatic carbocycles. The highest BCUT2D eigenvalue weighted by molar-refractivity contribution is 5.97. The number of esters is 2. The van der Waals surface area contributed by atoms with Crippen molar-refractivity contribution in [2.45, 2.75) is 109 Å². The number of rotatable bonds is 4. The topological polar surface area (TPSA) is 140 Å². The van der Waals surface area contributed by atoms with Gasteiger partial charge in [-0.3, -0.25) is 9.59 Å². The third-order valence-corrected chi connectivity index (χ3v) is 11.9. The Bertz CT molecular complexity index is 1170. The third kappa shape index (κ3) is 3.42. The Hall–Kier alpha value is -2.07. The predicted octanol–water partition coefficient (Wildman–Crippen LogP) is 2.55. The quantitative estimate of drug-likeness (QED) is 0.454. The number of carbonyl (C=O) groups excluding carboxylic acids is 3. The van der Waals surface area contributed by atoms with Gasteiger partial charge in [-0.05, 0) is 78.7 Å². The van der Waals surface area contributed by atoms with Gasteiger partial charge in [0.2, 0.25) is 0 Å². The van der Waals surface area contributed by atoms with Crippen LogP contribution in [0.25, 0.3) is 0 Å². The summed E-state index contributed by atoms with van der Waals surface area (Å²) in [6, 6.07) is 0. The normalized spacial score (nSPS) is 47.1. The molecule has 9 nitrogen and oxygen atoms in total. The van der Waals surface area contributed by atoms with Gasteiger partial charge in [-0.25, -0.2) is 4.79 Å². The first-order chi connectivity index (χ1) is 18.0. The van der Waals surface area contributed by atoms with E-state index in [1.54, 1.807) is 19.9 Å². The van der Waals surface area contributed by atoms with Crippen LogP contribution in [0.4, 0.5) is 0 Å². The van der Waals surface area contributed by atoms with Crippen molar-refractivity contribution >= 4 is 17.7 Å². The van der Waals surface area contributed by atoms with E-state index in [0.717, 1.165) is 5.57 Å². The number of aliphatic hydroxyl groups is 3. The summed E-state index contributed by atoms with van der Waals surface area (Å²) >= 11 is 0. The van der Waals surface area contributed by atoms with E-state index in [2.05, 4.69) is 0 Å². The van der Waals surface area contributed by atoms with Gasteiger partial charge in [-0.15, -0.1) is 0 Å². The predicted molar refractivity (Wildman–Crippen MR) is 139 cm³/mol. The number of carbonyl (C=O) groups is 3. The summed E-state index contributed by atoms with van der Waals surface area (Å²) in [7, 11) is 0. The van der Waals surface area contributed by atoms with Crippen LogP contribution in [0.15, 0.2) is 23.3 Å². The summed E-state index contributed by atoms with van der Waals surface area (Å²) in [6.45, 7) is 9.84. The van der Waals surface area contributed by atoms with Gasteiger partial charge in [0.05, 0.1) is 28.6 Å². The molecule has 3 unspecified atom stereocenters. The first-order valence-corrected chi connectivity index (χ1v) is 14.0. The maximum absolute atomic E-state index is 13.4. The van der Waals surface area contributed by atoms with E-state index in [-0.39, 0.29) is 50.6 Å².